The van der Waals surface area contributed by atoms with Crippen LogP contribution < -0.4 is 5.56 Å². The lowest BCUT2D eigenvalue weighted by Crippen LogP contribution is -2.37. The van der Waals surface area contributed by atoms with Crippen LogP contribution in [0.4, 0.5) is 0 Å². The molecule has 31 heavy (non-hydrogen) atoms. The van der Waals surface area contributed by atoms with Crippen molar-refractivity contribution in [1.82, 2.24) is 14.5 Å². The van der Waals surface area contributed by atoms with Gasteiger partial charge in [0.25, 0.3) is 17.4 Å². The minimum Gasteiger partial charge on any atom is -0.269 e. The van der Waals surface area contributed by atoms with Gasteiger partial charge in [0.05, 0.1) is 33.3 Å². The summed E-state index contributed by atoms with van der Waals surface area (Å²) < 4.78 is 1.39. The summed E-state index contributed by atoms with van der Waals surface area (Å²) in [5, 5.41) is 2.25. The number of nitrogens with zero attached hydrogens (tertiary/aromatic N) is 3. The van der Waals surface area contributed by atoms with Crippen LogP contribution in [0.15, 0.2) is 65.3 Å². The Balaban J connectivity index is 1.97. The summed E-state index contributed by atoms with van der Waals surface area (Å²) in [6, 6.07) is 5.86. The fourth-order valence-electron chi connectivity index (χ4n) is 3.67. The second-order valence-corrected chi connectivity index (χ2v) is 8.17. The number of hydrogen-bond donors (Lipinski definition) is 0. The molecule has 0 spiro atoms. The fourth-order valence-corrected chi connectivity index (χ4v) is 4.83. The van der Waals surface area contributed by atoms with E-state index in [1.54, 1.807) is 60.9 Å². The molecule has 0 radical (unpaired) electrons. The molecule has 1 aliphatic heterocycles. The van der Waals surface area contributed by atoms with E-state index in [4.69, 9.17) is 11.6 Å². The Kier molecular flexibility index (Phi) is 5.47. The van der Waals surface area contributed by atoms with Crippen LogP contribution in [0, 0.1) is 0 Å². The number of fused-ring (bicyclic) bond motifs is 2. The van der Waals surface area contributed by atoms with Crippen LogP contribution in [-0.4, -0.2) is 26.3 Å². The van der Waals surface area contributed by atoms with Gasteiger partial charge >= 0.3 is 0 Å². The van der Waals surface area contributed by atoms with E-state index in [9.17, 15) is 14.4 Å². The highest BCUT2D eigenvalue weighted by Crippen LogP contribution is 2.33. The van der Waals surface area contributed by atoms with Crippen LogP contribution >= 0.6 is 22.9 Å². The highest BCUT2D eigenvalue weighted by Gasteiger charge is 2.40. The van der Waals surface area contributed by atoms with E-state index in [-0.39, 0.29) is 11.4 Å². The van der Waals surface area contributed by atoms with Crippen molar-refractivity contribution in [3.63, 3.8) is 0 Å². The van der Waals surface area contributed by atoms with Crippen molar-refractivity contribution >= 4 is 50.7 Å². The largest absolute Gasteiger partial charge is 0.269 e. The molecule has 0 saturated heterocycles. The lowest BCUT2D eigenvalue weighted by Gasteiger charge is -2.25. The van der Waals surface area contributed by atoms with E-state index in [1.165, 1.54) is 15.9 Å². The van der Waals surface area contributed by atoms with Crippen LogP contribution in [0.2, 0.25) is 5.02 Å². The maximum Gasteiger partial charge on any atom is 0.268 e. The summed E-state index contributed by atoms with van der Waals surface area (Å²) in [4.78, 5) is 45.8. The van der Waals surface area contributed by atoms with Gasteiger partial charge in [0, 0.05) is 5.38 Å². The molecule has 0 bridgehead atoms. The first-order valence-electron chi connectivity index (χ1n) is 9.53. The molecule has 3 aromatic rings. The van der Waals surface area contributed by atoms with E-state index < -0.39 is 17.9 Å². The Morgan fingerprint density at radius 1 is 1.19 bits per heavy atom. The predicted octanol–water partition coefficient (Wildman–Crippen LogP) is 5.07. The molecule has 4 rings (SSSR count). The third-order valence-electron chi connectivity index (χ3n) is 5.06. The lowest BCUT2D eigenvalue weighted by molar-refractivity contribution is 0.0587. The third kappa shape index (κ3) is 3.26. The highest BCUT2D eigenvalue weighted by molar-refractivity contribution is 7.17. The zero-order chi connectivity index (χ0) is 22.3. The summed E-state index contributed by atoms with van der Waals surface area (Å²) in [5.41, 5.74) is 0.797. The van der Waals surface area contributed by atoms with E-state index in [0.717, 1.165) is 4.90 Å². The predicted molar refractivity (Wildman–Crippen MR) is 124 cm³/mol. The molecule has 1 atom stereocenters. The number of amides is 2. The maximum atomic E-state index is 13.5. The van der Waals surface area contributed by atoms with Crippen LogP contribution in [0.5, 0.6) is 0 Å². The van der Waals surface area contributed by atoms with Crippen molar-refractivity contribution < 1.29 is 9.59 Å². The Labute approximate surface area is 187 Å². The number of halogens is 1. The van der Waals surface area contributed by atoms with E-state index in [0.29, 0.717) is 32.1 Å². The zero-order valence-electron chi connectivity index (χ0n) is 16.8. The molecule has 0 fully saturated rings. The number of benzene rings is 1. The number of thiophene rings is 1. The molecule has 1 aromatic carbocycles. The number of hydrogen-bond acceptors (Lipinski definition) is 5. The number of aromatic nitrogens is 2. The van der Waals surface area contributed by atoms with Gasteiger partial charge in [-0.05, 0) is 38.1 Å². The normalized spacial score (nSPS) is 15.2. The van der Waals surface area contributed by atoms with Crippen LogP contribution in [0.1, 0.15) is 46.4 Å². The van der Waals surface area contributed by atoms with Gasteiger partial charge in [-0.3, -0.25) is 23.9 Å². The first kappa shape index (κ1) is 21.0. The van der Waals surface area contributed by atoms with Crippen molar-refractivity contribution in [2.75, 3.05) is 0 Å². The average Bonchev–Trinajstić information content (AvgIpc) is 3.25. The second kappa shape index (κ2) is 8.09. The van der Waals surface area contributed by atoms with Gasteiger partial charge in [0.15, 0.2) is 0 Å². The van der Waals surface area contributed by atoms with Crippen molar-refractivity contribution in [2.24, 2.45) is 0 Å². The van der Waals surface area contributed by atoms with Crippen LogP contribution in [0.25, 0.3) is 15.9 Å². The third-order valence-corrected chi connectivity index (χ3v) is 6.36. The van der Waals surface area contributed by atoms with Gasteiger partial charge in [-0.1, -0.05) is 42.5 Å². The van der Waals surface area contributed by atoms with Crippen LogP contribution in [0.3, 0.4) is 0 Å². The van der Waals surface area contributed by atoms with Crippen molar-refractivity contribution in [3.05, 3.63) is 92.9 Å². The summed E-state index contributed by atoms with van der Waals surface area (Å²) in [7, 11) is 0. The van der Waals surface area contributed by atoms with Crippen molar-refractivity contribution in [1.29, 1.82) is 0 Å². The first-order chi connectivity index (χ1) is 14.9. The second-order valence-electron chi connectivity index (χ2n) is 6.90. The molecule has 1 unspecified atom stereocenters. The Morgan fingerprint density at radius 2 is 1.84 bits per heavy atom. The van der Waals surface area contributed by atoms with E-state index in [1.807, 2.05) is 6.92 Å². The van der Waals surface area contributed by atoms with E-state index in [2.05, 4.69) is 11.6 Å². The quantitative estimate of drug-likeness (QED) is 0.401. The Morgan fingerprint density at radius 3 is 2.42 bits per heavy atom. The van der Waals surface area contributed by atoms with Crippen LogP contribution in [-0.2, 0) is 0 Å². The fraction of sp³-hybridized carbons (Fsp3) is 0.130. The molecule has 156 valence electrons. The molecule has 3 heterocycles. The van der Waals surface area contributed by atoms with Gasteiger partial charge in [-0.2, -0.15) is 0 Å². The molecule has 0 saturated carbocycles. The van der Waals surface area contributed by atoms with Gasteiger partial charge in [0.1, 0.15) is 10.7 Å². The van der Waals surface area contributed by atoms with Gasteiger partial charge in [-0.25, -0.2) is 4.98 Å². The van der Waals surface area contributed by atoms with Gasteiger partial charge in [0.2, 0.25) is 0 Å². The number of imide groups is 1. The zero-order valence-corrected chi connectivity index (χ0v) is 18.4. The summed E-state index contributed by atoms with van der Waals surface area (Å²) >= 11 is 7.49. The molecule has 0 N–H and O–H groups in total. The molecule has 6 nitrogen and oxygen atoms in total. The summed E-state index contributed by atoms with van der Waals surface area (Å²) in [6.45, 7) is 7.22. The smallest absolute Gasteiger partial charge is 0.268 e. The lowest BCUT2D eigenvalue weighted by atomic mass is 10.1. The first-order valence-corrected chi connectivity index (χ1v) is 10.8. The molecule has 0 aliphatic carbocycles. The van der Waals surface area contributed by atoms with Crippen molar-refractivity contribution in [2.45, 2.75) is 19.9 Å². The summed E-state index contributed by atoms with van der Waals surface area (Å²) in [6.07, 6.45) is 6.72. The van der Waals surface area contributed by atoms with E-state index >= 15 is 0 Å². The molecule has 8 heteroatoms. The van der Waals surface area contributed by atoms with Gasteiger partial charge < -0.3 is 0 Å². The van der Waals surface area contributed by atoms with Gasteiger partial charge in [-0.15, -0.1) is 11.3 Å². The standard InChI is InChI=1S/C23H18ClN3O3S/c1-4-8-14(9-5-2)27-19(25-20-18(23(27)30)17(24)12-31-20)13(3)26-21(28)15-10-6-7-11-16(15)22(26)29/h4-13H,1H2,2-3H3/b9-5-,14-8+. The SMILES string of the molecule is C=C/C=C(\C=C/C)n1c(C(C)N2C(=O)c3ccccc3C2=O)nc2scc(Cl)c2c1=O. The maximum absolute atomic E-state index is 13.5. The minimum absolute atomic E-state index is 0.261. The number of carbonyl (C=O) groups is 2. The molecule has 2 amide bonds. The highest BCUT2D eigenvalue weighted by atomic mass is 35.5. The molecule has 1 aliphatic rings. The molecular weight excluding hydrogens is 434 g/mol. The Hall–Kier alpha value is -3.29. The Bertz CT molecular complexity index is 1330. The molecular formula is C23H18ClN3O3S. The molecule has 2 aromatic heterocycles. The average molecular weight is 452 g/mol. The number of rotatable bonds is 5. The van der Waals surface area contributed by atoms with Crippen molar-refractivity contribution in [3.8, 4) is 0 Å². The number of allylic oxidation sites excluding steroid dienone is 5. The summed E-state index contributed by atoms with van der Waals surface area (Å²) in [5.74, 6) is -0.575. The monoisotopic (exact) mass is 451 g/mol. The topological polar surface area (TPSA) is 72.3 Å². The minimum atomic E-state index is -0.802. The number of carbonyl (C=O) groups excluding carboxylic acids is 2.